The van der Waals surface area contributed by atoms with Crippen LogP contribution in [-0.4, -0.2) is 22.9 Å². The number of hydrogen-bond donors (Lipinski definition) is 0. The average molecular weight is 196 g/mol. The SMILES string of the molecule is CCN(CC)P(Cl)C(C)(C)C. The molecule has 11 heavy (non-hydrogen) atoms. The van der Waals surface area contributed by atoms with Crippen molar-refractivity contribution in [3.8, 4) is 0 Å². The quantitative estimate of drug-likeness (QED) is 0.621. The first-order valence-electron chi connectivity index (χ1n) is 4.14. The molecule has 0 rings (SSSR count). The van der Waals surface area contributed by atoms with E-state index in [0.29, 0.717) is 0 Å². The fourth-order valence-electron chi connectivity index (χ4n) is 0.896. The van der Waals surface area contributed by atoms with E-state index >= 15 is 0 Å². The van der Waals surface area contributed by atoms with Gasteiger partial charge < -0.3 is 0 Å². The van der Waals surface area contributed by atoms with Crippen molar-refractivity contribution in [2.24, 2.45) is 0 Å². The lowest BCUT2D eigenvalue weighted by Crippen LogP contribution is -2.24. The highest BCUT2D eigenvalue weighted by atomic mass is 35.7. The molecule has 0 heterocycles. The fourth-order valence-corrected chi connectivity index (χ4v) is 2.88. The van der Waals surface area contributed by atoms with Crippen LogP contribution in [0.4, 0.5) is 0 Å². The van der Waals surface area contributed by atoms with Crippen LogP contribution in [0.25, 0.3) is 0 Å². The van der Waals surface area contributed by atoms with Crippen LogP contribution in [0.3, 0.4) is 0 Å². The molecule has 0 radical (unpaired) electrons. The molecule has 1 atom stereocenters. The van der Waals surface area contributed by atoms with Crippen LogP contribution < -0.4 is 0 Å². The second-order valence-corrected chi connectivity index (χ2v) is 6.96. The molecular formula is C8H19ClNP. The van der Waals surface area contributed by atoms with Gasteiger partial charge in [0.15, 0.2) is 0 Å². The third-order valence-electron chi connectivity index (χ3n) is 1.53. The average Bonchev–Trinajstić information content (AvgIpc) is 1.88. The van der Waals surface area contributed by atoms with Gasteiger partial charge in [0.1, 0.15) is 0 Å². The predicted molar refractivity (Wildman–Crippen MR) is 55.4 cm³/mol. The minimum atomic E-state index is -0.480. The molecule has 0 aliphatic heterocycles. The molecule has 1 nitrogen and oxygen atoms in total. The van der Waals surface area contributed by atoms with Crippen molar-refractivity contribution >= 4 is 18.7 Å². The van der Waals surface area contributed by atoms with E-state index in [1.54, 1.807) is 0 Å². The summed E-state index contributed by atoms with van der Waals surface area (Å²) in [5.74, 6) is 0. The Morgan fingerprint density at radius 2 is 1.55 bits per heavy atom. The second-order valence-electron chi connectivity index (χ2n) is 3.57. The summed E-state index contributed by atoms with van der Waals surface area (Å²) >= 11 is 6.31. The first kappa shape index (κ1) is 11.7. The van der Waals surface area contributed by atoms with Crippen LogP contribution in [-0.2, 0) is 0 Å². The van der Waals surface area contributed by atoms with E-state index in [2.05, 4.69) is 39.3 Å². The molecule has 0 saturated heterocycles. The van der Waals surface area contributed by atoms with E-state index in [9.17, 15) is 0 Å². The molecule has 0 aromatic rings. The van der Waals surface area contributed by atoms with Crippen molar-refractivity contribution in [1.82, 2.24) is 4.67 Å². The fraction of sp³-hybridized carbons (Fsp3) is 1.00. The molecule has 68 valence electrons. The van der Waals surface area contributed by atoms with Gasteiger partial charge in [-0.15, -0.1) is 0 Å². The molecule has 0 amide bonds. The van der Waals surface area contributed by atoms with Gasteiger partial charge in [-0.3, -0.25) is 4.67 Å². The Morgan fingerprint density at radius 3 is 1.64 bits per heavy atom. The van der Waals surface area contributed by atoms with E-state index < -0.39 is 7.43 Å². The Labute approximate surface area is 76.7 Å². The highest BCUT2D eigenvalue weighted by molar-refractivity contribution is 7.83. The number of hydrogen-bond acceptors (Lipinski definition) is 1. The van der Waals surface area contributed by atoms with Crippen molar-refractivity contribution in [3.63, 3.8) is 0 Å². The first-order valence-corrected chi connectivity index (χ1v) is 6.34. The summed E-state index contributed by atoms with van der Waals surface area (Å²) in [5.41, 5.74) is 0. The lowest BCUT2D eigenvalue weighted by atomic mass is 10.3. The van der Waals surface area contributed by atoms with Crippen molar-refractivity contribution in [2.45, 2.75) is 39.8 Å². The van der Waals surface area contributed by atoms with E-state index in [-0.39, 0.29) is 5.16 Å². The third kappa shape index (κ3) is 3.73. The Kier molecular flexibility index (Phi) is 4.93. The molecule has 3 heteroatoms. The Morgan fingerprint density at radius 1 is 1.18 bits per heavy atom. The molecule has 0 aromatic heterocycles. The number of halogens is 1. The van der Waals surface area contributed by atoms with Gasteiger partial charge in [0.05, 0.1) is 7.43 Å². The van der Waals surface area contributed by atoms with Gasteiger partial charge in [0.2, 0.25) is 0 Å². The predicted octanol–water partition coefficient (Wildman–Crippen LogP) is 3.68. The minimum Gasteiger partial charge on any atom is -0.270 e. The Balaban J connectivity index is 4.09. The van der Waals surface area contributed by atoms with E-state index in [1.165, 1.54) is 0 Å². The lowest BCUT2D eigenvalue weighted by Gasteiger charge is -2.33. The van der Waals surface area contributed by atoms with Crippen molar-refractivity contribution in [1.29, 1.82) is 0 Å². The summed E-state index contributed by atoms with van der Waals surface area (Å²) in [4.78, 5) is 0. The normalized spacial score (nSPS) is 15.5. The highest BCUT2D eigenvalue weighted by Gasteiger charge is 2.26. The highest BCUT2D eigenvalue weighted by Crippen LogP contribution is 2.56. The van der Waals surface area contributed by atoms with Gasteiger partial charge in [-0.25, -0.2) is 0 Å². The molecule has 0 aliphatic carbocycles. The zero-order valence-electron chi connectivity index (χ0n) is 8.19. The molecule has 0 fully saturated rings. The van der Waals surface area contributed by atoms with Crippen molar-refractivity contribution < 1.29 is 0 Å². The summed E-state index contributed by atoms with van der Waals surface area (Å²) in [6, 6.07) is 0. The van der Waals surface area contributed by atoms with E-state index in [4.69, 9.17) is 11.2 Å². The standard InChI is InChI=1S/C8H19ClNP/c1-6-10(7-2)11(9)8(3,4)5/h6-7H2,1-5H3. The van der Waals surface area contributed by atoms with Crippen LogP contribution in [0.2, 0.25) is 0 Å². The molecule has 1 unspecified atom stereocenters. The monoisotopic (exact) mass is 195 g/mol. The maximum absolute atomic E-state index is 6.31. The largest absolute Gasteiger partial charge is 0.270 e. The molecule has 0 aromatic carbocycles. The number of nitrogens with zero attached hydrogens (tertiary/aromatic N) is 1. The van der Waals surface area contributed by atoms with Gasteiger partial charge in [-0.05, 0) is 0 Å². The molecule has 0 spiro atoms. The van der Waals surface area contributed by atoms with Crippen LogP contribution in [0.15, 0.2) is 0 Å². The Hall–Kier alpha value is 0.680. The molecule has 0 N–H and O–H groups in total. The van der Waals surface area contributed by atoms with Crippen LogP contribution in [0.5, 0.6) is 0 Å². The second kappa shape index (κ2) is 4.64. The van der Waals surface area contributed by atoms with Gasteiger partial charge in [0.25, 0.3) is 0 Å². The first-order chi connectivity index (χ1) is 4.93. The van der Waals surface area contributed by atoms with Crippen molar-refractivity contribution in [3.05, 3.63) is 0 Å². The van der Waals surface area contributed by atoms with Crippen molar-refractivity contribution in [2.75, 3.05) is 13.1 Å². The summed E-state index contributed by atoms with van der Waals surface area (Å²) in [5, 5.41) is 0.239. The van der Waals surface area contributed by atoms with Gasteiger partial charge in [-0.1, -0.05) is 45.9 Å². The zero-order valence-corrected chi connectivity index (χ0v) is 9.84. The van der Waals surface area contributed by atoms with Gasteiger partial charge >= 0.3 is 0 Å². The summed E-state index contributed by atoms with van der Waals surface area (Å²) < 4.78 is 2.33. The maximum Gasteiger partial charge on any atom is 0.0681 e. The molecule has 0 aliphatic rings. The maximum atomic E-state index is 6.31. The summed E-state index contributed by atoms with van der Waals surface area (Å²) in [6.45, 7) is 13.0. The van der Waals surface area contributed by atoms with E-state index in [0.717, 1.165) is 13.1 Å². The molecular weight excluding hydrogens is 177 g/mol. The number of rotatable bonds is 3. The van der Waals surface area contributed by atoms with Gasteiger partial charge in [-0.2, -0.15) is 0 Å². The Bertz CT molecular complexity index is 107. The minimum absolute atomic E-state index is 0.239. The summed E-state index contributed by atoms with van der Waals surface area (Å²) in [7, 11) is -0.480. The lowest BCUT2D eigenvalue weighted by molar-refractivity contribution is 0.497. The smallest absolute Gasteiger partial charge is 0.0681 e. The topological polar surface area (TPSA) is 3.24 Å². The zero-order chi connectivity index (χ0) is 9.07. The van der Waals surface area contributed by atoms with Gasteiger partial charge in [0, 0.05) is 18.2 Å². The molecule has 0 saturated carbocycles. The van der Waals surface area contributed by atoms with Crippen LogP contribution in [0, 0.1) is 0 Å². The van der Waals surface area contributed by atoms with E-state index in [1.807, 2.05) is 0 Å². The third-order valence-corrected chi connectivity index (χ3v) is 5.86. The molecule has 0 bridgehead atoms. The summed E-state index contributed by atoms with van der Waals surface area (Å²) in [6.07, 6.45) is 0. The van der Waals surface area contributed by atoms with Crippen LogP contribution in [0.1, 0.15) is 34.6 Å². The van der Waals surface area contributed by atoms with Crippen LogP contribution >= 0.6 is 18.7 Å².